The second kappa shape index (κ2) is 7.17. The molecule has 0 heterocycles. The number of nitrogens with zero attached hydrogens (tertiary/aromatic N) is 1. The van der Waals surface area contributed by atoms with Crippen molar-refractivity contribution in [3.63, 3.8) is 0 Å². The van der Waals surface area contributed by atoms with Crippen molar-refractivity contribution in [1.82, 2.24) is 4.90 Å². The van der Waals surface area contributed by atoms with Crippen LogP contribution >= 0.6 is 11.6 Å². The van der Waals surface area contributed by atoms with Crippen LogP contribution < -0.4 is 4.74 Å². The van der Waals surface area contributed by atoms with Gasteiger partial charge in [-0.2, -0.15) is 0 Å². The number of hydrogen-bond donors (Lipinski definition) is 0. The van der Waals surface area contributed by atoms with Gasteiger partial charge in [-0.25, -0.2) is 0 Å². The number of para-hydroxylation sites is 1. The van der Waals surface area contributed by atoms with Crippen LogP contribution in [0, 0.1) is 0 Å². The summed E-state index contributed by atoms with van der Waals surface area (Å²) in [4.78, 5) is 13.1. The number of carbonyl (C=O) groups excluding carboxylic acids is 1. The minimum Gasteiger partial charge on any atom is -0.494 e. The molecule has 1 unspecified atom stereocenters. The van der Waals surface area contributed by atoms with Crippen molar-refractivity contribution in [2.45, 2.75) is 18.7 Å². The predicted octanol–water partition coefficient (Wildman–Crippen LogP) is 2.54. The number of rotatable bonds is 6. The monoisotopic (exact) mass is 255 g/mol. The molecule has 0 fully saturated rings. The molecule has 4 heteroatoms. The van der Waals surface area contributed by atoms with Crippen LogP contribution in [0.3, 0.4) is 0 Å². The van der Waals surface area contributed by atoms with E-state index in [1.165, 1.54) is 0 Å². The summed E-state index contributed by atoms with van der Waals surface area (Å²) in [5.41, 5.74) is 0. The highest BCUT2D eigenvalue weighted by Gasteiger charge is 2.13. The molecule has 0 aliphatic rings. The van der Waals surface area contributed by atoms with E-state index in [-0.39, 0.29) is 5.91 Å². The molecule has 1 aromatic rings. The molecule has 1 amide bonds. The van der Waals surface area contributed by atoms with E-state index in [0.717, 1.165) is 12.2 Å². The van der Waals surface area contributed by atoms with Gasteiger partial charge in [-0.05, 0) is 25.5 Å². The zero-order valence-corrected chi connectivity index (χ0v) is 11.0. The zero-order chi connectivity index (χ0) is 12.7. The van der Waals surface area contributed by atoms with Crippen LogP contribution in [0.4, 0.5) is 0 Å². The van der Waals surface area contributed by atoms with Gasteiger partial charge in [0.2, 0.25) is 5.91 Å². The summed E-state index contributed by atoms with van der Waals surface area (Å²) in [6.07, 6.45) is 0.792. The fourth-order valence-corrected chi connectivity index (χ4v) is 1.59. The Bertz CT molecular complexity index is 341. The lowest BCUT2D eigenvalue weighted by atomic mass is 10.3. The van der Waals surface area contributed by atoms with Crippen molar-refractivity contribution in [2.75, 3.05) is 20.2 Å². The largest absolute Gasteiger partial charge is 0.494 e. The minimum absolute atomic E-state index is 0.0497. The number of benzene rings is 1. The molecular formula is C13H18ClNO2. The fraction of sp³-hybridized carbons (Fsp3) is 0.462. The Balaban J connectivity index is 2.18. The smallest absolute Gasteiger partial charge is 0.240 e. The second-order valence-electron chi connectivity index (χ2n) is 3.89. The van der Waals surface area contributed by atoms with Crippen molar-refractivity contribution < 1.29 is 9.53 Å². The van der Waals surface area contributed by atoms with Gasteiger partial charge in [0, 0.05) is 13.6 Å². The van der Waals surface area contributed by atoms with Crippen LogP contribution in [0.25, 0.3) is 0 Å². The molecule has 0 radical (unpaired) electrons. The van der Waals surface area contributed by atoms with E-state index in [1.807, 2.05) is 30.3 Å². The normalized spacial score (nSPS) is 11.9. The number of ether oxygens (including phenoxy) is 1. The highest BCUT2D eigenvalue weighted by molar-refractivity contribution is 6.30. The molecule has 17 heavy (non-hydrogen) atoms. The molecule has 0 N–H and O–H groups in total. The molecule has 0 aliphatic heterocycles. The van der Waals surface area contributed by atoms with Gasteiger partial charge in [0.1, 0.15) is 11.1 Å². The summed E-state index contributed by atoms with van der Waals surface area (Å²) in [6, 6.07) is 9.63. The van der Waals surface area contributed by atoms with E-state index < -0.39 is 5.38 Å². The van der Waals surface area contributed by atoms with Crippen LogP contribution in [0.5, 0.6) is 5.75 Å². The third kappa shape index (κ3) is 5.09. The van der Waals surface area contributed by atoms with Crippen molar-refractivity contribution in [3.8, 4) is 5.75 Å². The van der Waals surface area contributed by atoms with Gasteiger partial charge in [0.15, 0.2) is 0 Å². The van der Waals surface area contributed by atoms with Gasteiger partial charge < -0.3 is 9.64 Å². The summed E-state index contributed by atoms with van der Waals surface area (Å²) < 4.78 is 5.53. The summed E-state index contributed by atoms with van der Waals surface area (Å²) in [5.74, 6) is 0.804. The maximum absolute atomic E-state index is 11.5. The second-order valence-corrected chi connectivity index (χ2v) is 4.55. The quantitative estimate of drug-likeness (QED) is 0.578. The summed E-state index contributed by atoms with van der Waals surface area (Å²) in [5, 5.41) is -0.463. The van der Waals surface area contributed by atoms with Crippen molar-refractivity contribution >= 4 is 17.5 Å². The number of halogens is 1. The van der Waals surface area contributed by atoms with Gasteiger partial charge in [0.05, 0.1) is 6.61 Å². The lowest BCUT2D eigenvalue weighted by molar-refractivity contribution is -0.129. The van der Waals surface area contributed by atoms with Crippen LogP contribution in [-0.4, -0.2) is 36.4 Å². The molecule has 0 saturated carbocycles. The summed E-state index contributed by atoms with van der Waals surface area (Å²) >= 11 is 5.71. The van der Waals surface area contributed by atoms with E-state index in [1.54, 1.807) is 18.9 Å². The molecule has 0 spiro atoms. The van der Waals surface area contributed by atoms with Gasteiger partial charge in [-0.1, -0.05) is 18.2 Å². The van der Waals surface area contributed by atoms with E-state index in [9.17, 15) is 4.79 Å². The van der Waals surface area contributed by atoms with Crippen LogP contribution in [0.1, 0.15) is 13.3 Å². The van der Waals surface area contributed by atoms with E-state index in [4.69, 9.17) is 16.3 Å². The van der Waals surface area contributed by atoms with Crippen molar-refractivity contribution in [3.05, 3.63) is 30.3 Å². The van der Waals surface area contributed by atoms with Gasteiger partial charge in [0.25, 0.3) is 0 Å². The average molecular weight is 256 g/mol. The molecule has 0 aliphatic carbocycles. The highest BCUT2D eigenvalue weighted by atomic mass is 35.5. The molecule has 94 valence electrons. The maximum Gasteiger partial charge on any atom is 0.240 e. The van der Waals surface area contributed by atoms with Gasteiger partial charge in [-0.3, -0.25) is 4.79 Å². The van der Waals surface area contributed by atoms with Crippen LogP contribution in [-0.2, 0) is 4.79 Å². The lowest BCUT2D eigenvalue weighted by Crippen LogP contribution is -2.33. The Morgan fingerprint density at radius 2 is 2.06 bits per heavy atom. The number of amides is 1. The van der Waals surface area contributed by atoms with Gasteiger partial charge in [-0.15, -0.1) is 11.6 Å². The van der Waals surface area contributed by atoms with E-state index in [2.05, 4.69) is 0 Å². The third-order valence-corrected chi connectivity index (χ3v) is 2.55. The fourth-order valence-electron chi connectivity index (χ4n) is 1.42. The summed E-state index contributed by atoms with van der Waals surface area (Å²) in [7, 11) is 1.75. The van der Waals surface area contributed by atoms with Gasteiger partial charge >= 0.3 is 0 Å². The molecule has 0 aromatic heterocycles. The first-order valence-corrected chi connectivity index (χ1v) is 6.12. The standard InChI is InChI=1S/C13H18ClNO2/c1-11(14)13(16)15(2)9-6-10-17-12-7-4-3-5-8-12/h3-5,7-8,11H,6,9-10H2,1-2H3. The Morgan fingerprint density at radius 3 is 2.65 bits per heavy atom. The number of alkyl halides is 1. The molecule has 1 rings (SSSR count). The number of hydrogen-bond acceptors (Lipinski definition) is 2. The topological polar surface area (TPSA) is 29.5 Å². The third-order valence-electron chi connectivity index (χ3n) is 2.37. The first-order chi connectivity index (χ1) is 8.11. The van der Waals surface area contributed by atoms with E-state index >= 15 is 0 Å². The van der Waals surface area contributed by atoms with Crippen molar-refractivity contribution in [2.24, 2.45) is 0 Å². The van der Waals surface area contributed by atoms with Crippen molar-refractivity contribution in [1.29, 1.82) is 0 Å². The lowest BCUT2D eigenvalue weighted by Gasteiger charge is -2.18. The predicted molar refractivity (Wildman–Crippen MR) is 69.5 cm³/mol. The van der Waals surface area contributed by atoms with Crippen LogP contribution in [0.2, 0.25) is 0 Å². The molecule has 0 bridgehead atoms. The Kier molecular flexibility index (Phi) is 5.84. The molecule has 3 nitrogen and oxygen atoms in total. The summed E-state index contributed by atoms with van der Waals surface area (Å²) in [6.45, 7) is 2.93. The molecular weight excluding hydrogens is 238 g/mol. The van der Waals surface area contributed by atoms with E-state index in [0.29, 0.717) is 13.2 Å². The average Bonchev–Trinajstić information content (AvgIpc) is 2.34. The Morgan fingerprint density at radius 1 is 1.41 bits per heavy atom. The first kappa shape index (κ1) is 13.8. The highest BCUT2D eigenvalue weighted by Crippen LogP contribution is 2.08. The molecule has 0 saturated heterocycles. The zero-order valence-electron chi connectivity index (χ0n) is 10.2. The maximum atomic E-state index is 11.5. The first-order valence-electron chi connectivity index (χ1n) is 5.68. The van der Waals surface area contributed by atoms with Crippen LogP contribution in [0.15, 0.2) is 30.3 Å². The minimum atomic E-state index is -0.463. The molecule has 1 atom stereocenters. The Hall–Kier alpha value is -1.22. The molecule has 1 aromatic carbocycles. The number of carbonyl (C=O) groups is 1. The SMILES string of the molecule is CC(Cl)C(=O)N(C)CCCOc1ccccc1. The Labute approximate surface area is 107 Å².